The van der Waals surface area contributed by atoms with Gasteiger partial charge in [-0.05, 0) is 56.0 Å². The predicted molar refractivity (Wildman–Crippen MR) is 122 cm³/mol. The van der Waals surface area contributed by atoms with Crippen molar-refractivity contribution in [2.24, 2.45) is 5.92 Å². The summed E-state index contributed by atoms with van der Waals surface area (Å²) >= 11 is 0. The number of carbonyl (C=O) groups excluding carboxylic acids is 2. The van der Waals surface area contributed by atoms with Crippen LogP contribution >= 0.6 is 0 Å². The SMILES string of the molecule is Cc1cc(C)n(CCCNC(=O)[C@H]2CCCN(C(=O)c3cccc4ccccc34)C2)n1. The van der Waals surface area contributed by atoms with E-state index < -0.39 is 0 Å². The van der Waals surface area contributed by atoms with Gasteiger partial charge in [-0.1, -0.05) is 36.4 Å². The Bertz CT molecular complexity index is 1080. The number of aromatic nitrogens is 2. The molecule has 6 nitrogen and oxygen atoms in total. The molecule has 162 valence electrons. The first-order chi connectivity index (χ1) is 15.0. The van der Waals surface area contributed by atoms with Gasteiger partial charge in [0.25, 0.3) is 5.91 Å². The van der Waals surface area contributed by atoms with Gasteiger partial charge in [-0.15, -0.1) is 0 Å². The van der Waals surface area contributed by atoms with Crippen LogP contribution in [0.2, 0.25) is 0 Å². The zero-order valence-corrected chi connectivity index (χ0v) is 18.3. The molecule has 2 amide bonds. The third-order valence-corrected chi connectivity index (χ3v) is 6.05. The topological polar surface area (TPSA) is 67.2 Å². The standard InChI is InChI=1S/C25H30N4O2/c1-18-16-19(2)29(27-18)15-7-13-26-24(30)21-10-6-14-28(17-21)25(31)23-12-5-9-20-8-3-4-11-22(20)23/h3-5,8-9,11-12,16,21H,6-7,10,13-15,17H2,1-2H3,(H,26,30)/t21-/m0/s1. The Morgan fingerprint density at radius 1 is 1.13 bits per heavy atom. The maximum absolute atomic E-state index is 13.2. The molecule has 1 saturated heterocycles. The Labute approximate surface area is 183 Å². The molecule has 1 aliphatic heterocycles. The molecular formula is C25H30N4O2. The number of nitrogens with one attached hydrogen (secondary N) is 1. The normalized spacial score (nSPS) is 16.5. The second-order valence-electron chi connectivity index (χ2n) is 8.41. The van der Waals surface area contributed by atoms with Crippen LogP contribution in [0, 0.1) is 19.8 Å². The molecule has 0 bridgehead atoms. The lowest BCUT2D eigenvalue weighted by molar-refractivity contribution is -0.126. The summed E-state index contributed by atoms with van der Waals surface area (Å²) in [7, 11) is 0. The van der Waals surface area contributed by atoms with E-state index in [1.807, 2.05) is 65.9 Å². The summed E-state index contributed by atoms with van der Waals surface area (Å²) in [6.07, 6.45) is 2.50. The Balaban J connectivity index is 1.33. The molecule has 1 aliphatic rings. The number of carbonyl (C=O) groups is 2. The lowest BCUT2D eigenvalue weighted by Crippen LogP contribution is -2.45. The third-order valence-electron chi connectivity index (χ3n) is 6.05. The van der Waals surface area contributed by atoms with Crippen LogP contribution in [0.25, 0.3) is 10.8 Å². The average Bonchev–Trinajstić information content (AvgIpc) is 3.12. The largest absolute Gasteiger partial charge is 0.356 e. The third kappa shape index (κ3) is 4.79. The van der Waals surface area contributed by atoms with Gasteiger partial charge in [-0.2, -0.15) is 5.10 Å². The molecule has 0 saturated carbocycles. The van der Waals surface area contributed by atoms with Gasteiger partial charge in [0.1, 0.15) is 0 Å². The Morgan fingerprint density at radius 2 is 1.94 bits per heavy atom. The number of benzene rings is 2. The molecule has 1 fully saturated rings. The van der Waals surface area contributed by atoms with Crippen LogP contribution in [0.4, 0.5) is 0 Å². The predicted octanol–water partition coefficient (Wildman–Crippen LogP) is 3.71. The monoisotopic (exact) mass is 418 g/mol. The van der Waals surface area contributed by atoms with Crippen molar-refractivity contribution in [1.82, 2.24) is 20.0 Å². The molecule has 6 heteroatoms. The first-order valence-electron chi connectivity index (χ1n) is 11.1. The van der Waals surface area contributed by atoms with Crippen LogP contribution in [0.1, 0.15) is 41.0 Å². The highest BCUT2D eigenvalue weighted by molar-refractivity contribution is 6.07. The Morgan fingerprint density at radius 3 is 2.74 bits per heavy atom. The number of piperidine rings is 1. The zero-order chi connectivity index (χ0) is 21.8. The highest BCUT2D eigenvalue weighted by Crippen LogP contribution is 2.23. The van der Waals surface area contributed by atoms with Gasteiger partial charge in [0.15, 0.2) is 0 Å². The number of hydrogen-bond donors (Lipinski definition) is 1. The Hall–Kier alpha value is -3.15. The minimum absolute atomic E-state index is 0.0128. The number of aryl methyl sites for hydroxylation is 3. The summed E-state index contributed by atoms with van der Waals surface area (Å²) in [4.78, 5) is 27.8. The molecule has 0 unspecified atom stereocenters. The maximum atomic E-state index is 13.2. The summed E-state index contributed by atoms with van der Waals surface area (Å²) < 4.78 is 1.98. The van der Waals surface area contributed by atoms with Crippen LogP contribution < -0.4 is 5.32 Å². The van der Waals surface area contributed by atoms with Crippen molar-refractivity contribution < 1.29 is 9.59 Å². The van der Waals surface area contributed by atoms with Crippen molar-refractivity contribution in [3.05, 3.63) is 65.5 Å². The highest BCUT2D eigenvalue weighted by Gasteiger charge is 2.29. The molecule has 0 radical (unpaired) electrons. The number of rotatable bonds is 6. The fraction of sp³-hybridized carbons (Fsp3) is 0.400. The fourth-order valence-corrected chi connectivity index (χ4v) is 4.44. The van der Waals surface area contributed by atoms with E-state index in [0.29, 0.717) is 25.2 Å². The zero-order valence-electron chi connectivity index (χ0n) is 18.3. The molecular weight excluding hydrogens is 388 g/mol. The first-order valence-corrected chi connectivity index (χ1v) is 11.1. The smallest absolute Gasteiger partial charge is 0.254 e. The van der Waals surface area contributed by atoms with Crippen LogP contribution in [0.5, 0.6) is 0 Å². The van der Waals surface area contributed by atoms with Crippen LogP contribution in [-0.2, 0) is 11.3 Å². The lowest BCUT2D eigenvalue weighted by atomic mass is 9.95. The van der Waals surface area contributed by atoms with E-state index in [4.69, 9.17) is 0 Å². The van der Waals surface area contributed by atoms with E-state index in [9.17, 15) is 9.59 Å². The van der Waals surface area contributed by atoms with E-state index >= 15 is 0 Å². The van der Waals surface area contributed by atoms with Crippen molar-refractivity contribution in [3.63, 3.8) is 0 Å². The fourth-order valence-electron chi connectivity index (χ4n) is 4.44. The van der Waals surface area contributed by atoms with Gasteiger partial charge in [0, 0.05) is 37.4 Å². The minimum Gasteiger partial charge on any atom is -0.356 e. The molecule has 1 atom stereocenters. The number of hydrogen-bond acceptors (Lipinski definition) is 3. The van der Waals surface area contributed by atoms with E-state index in [0.717, 1.165) is 48.0 Å². The average molecular weight is 419 g/mol. The lowest BCUT2D eigenvalue weighted by Gasteiger charge is -2.32. The molecule has 4 rings (SSSR count). The minimum atomic E-state index is -0.152. The highest BCUT2D eigenvalue weighted by atomic mass is 16.2. The van der Waals surface area contributed by atoms with Crippen LogP contribution in [0.15, 0.2) is 48.5 Å². The molecule has 1 aromatic heterocycles. The summed E-state index contributed by atoms with van der Waals surface area (Å²) in [5.41, 5.74) is 2.86. The second kappa shape index (κ2) is 9.33. The first kappa shape index (κ1) is 21.1. The van der Waals surface area contributed by atoms with Gasteiger partial charge < -0.3 is 10.2 Å². The van der Waals surface area contributed by atoms with E-state index in [-0.39, 0.29) is 17.7 Å². The quantitative estimate of drug-likeness (QED) is 0.621. The van der Waals surface area contributed by atoms with Crippen molar-refractivity contribution >= 4 is 22.6 Å². The number of likely N-dealkylation sites (tertiary alicyclic amines) is 1. The van der Waals surface area contributed by atoms with Gasteiger partial charge in [0.2, 0.25) is 5.91 Å². The molecule has 0 aliphatic carbocycles. The van der Waals surface area contributed by atoms with Gasteiger partial charge in [-0.3, -0.25) is 14.3 Å². The molecule has 2 aromatic carbocycles. The molecule has 3 aromatic rings. The molecule has 31 heavy (non-hydrogen) atoms. The van der Waals surface area contributed by atoms with Crippen molar-refractivity contribution in [2.75, 3.05) is 19.6 Å². The second-order valence-corrected chi connectivity index (χ2v) is 8.41. The van der Waals surface area contributed by atoms with Crippen LogP contribution in [-0.4, -0.2) is 46.1 Å². The summed E-state index contributed by atoms with van der Waals surface area (Å²) in [5.74, 6) is -0.0935. The van der Waals surface area contributed by atoms with Gasteiger partial charge >= 0.3 is 0 Å². The van der Waals surface area contributed by atoms with E-state index in [1.165, 1.54) is 0 Å². The van der Waals surface area contributed by atoms with Gasteiger partial charge in [0.05, 0.1) is 11.6 Å². The summed E-state index contributed by atoms with van der Waals surface area (Å²) in [6, 6.07) is 15.8. The van der Waals surface area contributed by atoms with Crippen molar-refractivity contribution in [3.8, 4) is 0 Å². The summed E-state index contributed by atoms with van der Waals surface area (Å²) in [5, 5.41) is 9.54. The summed E-state index contributed by atoms with van der Waals surface area (Å²) in [6.45, 7) is 6.61. The maximum Gasteiger partial charge on any atom is 0.254 e. The van der Waals surface area contributed by atoms with Gasteiger partial charge in [-0.25, -0.2) is 0 Å². The molecule has 2 heterocycles. The Kier molecular flexibility index (Phi) is 6.35. The molecule has 0 spiro atoms. The number of amides is 2. The van der Waals surface area contributed by atoms with Crippen molar-refractivity contribution in [2.45, 2.75) is 39.7 Å². The van der Waals surface area contributed by atoms with Crippen LogP contribution in [0.3, 0.4) is 0 Å². The molecule has 1 N–H and O–H groups in total. The number of fused-ring (bicyclic) bond motifs is 1. The number of nitrogens with zero attached hydrogens (tertiary/aromatic N) is 3. The van der Waals surface area contributed by atoms with Crippen molar-refractivity contribution in [1.29, 1.82) is 0 Å². The van der Waals surface area contributed by atoms with E-state index in [2.05, 4.69) is 16.5 Å². The van der Waals surface area contributed by atoms with E-state index in [1.54, 1.807) is 0 Å².